The summed E-state index contributed by atoms with van der Waals surface area (Å²) in [5.74, 6) is -1.12. The van der Waals surface area contributed by atoms with Crippen molar-refractivity contribution in [2.75, 3.05) is 19.8 Å². The van der Waals surface area contributed by atoms with Gasteiger partial charge in [-0.15, -0.1) is 0 Å². The fourth-order valence-electron chi connectivity index (χ4n) is 3.05. The first-order valence-electron chi connectivity index (χ1n) is 6.32. The van der Waals surface area contributed by atoms with Crippen molar-refractivity contribution < 1.29 is 19.4 Å². The number of nitrogens with zero attached hydrogens (tertiary/aromatic N) is 1. The molecule has 2 rings (SSSR count). The minimum Gasteiger partial charge on any atom is -0.480 e. The van der Waals surface area contributed by atoms with E-state index < -0.39 is 12.0 Å². The number of carboxylic acids is 1. The Labute approximate surface area is 107 Å². The van der Waals surface area contributed by atoms with Crippen LogP contribution in [0.5, 0.6) is 0 Å². The Morgan fingerprint density at radius 1 is 1.22 bits per heavy atom. The van der Waals surface area contributed by atoms with E-state index in [-0.39, 0.29) is 29.3 Å². The van der Waals surface area contributed by atoms with Crippen molar-refractivity contribution in [3.63, 3.8) is 0 Å². The summed E-state index contributed by atoms with van der Waals surface area (Å²) in [5.41, 5.74) is -0.128. The highest BCUT2D eigenvalue weighted by Gasteiger charge is 2.69. The van der Waals surface area contributed by atoms with Crippen LogP contribution in [0, 0.1) is 16.7 Å². The number of morpholine rings is 1. The summed E-state index contributed by atoms with van der Waals surface area (Å²) < 4.78 is 5.15. The average Bonchev–Trinajstić information content (AvgIpc) is 2.68. The Morgan fingerprint density at radius 3 is 2.22 bits per heavy atom. The van der Waals surface area contributed by atoms with E-state index in [4.69, 9.17) is 9.84 Å². The molecule has 1 N–H and O–H groups in total. The molecule has 5 nitrogen and oxygen atoms in total. The van der Waals surface area contributed by atoms with Crippen LogP contribution >= 0.6 is 0 Å². The topological polar surface area (TPSA) is 66.8 Å². The Hall–Kier alpha value is -1.10. The Balaban J connectivity index is 2.16. The lowest BCUT2D eigenvalue weighted by Crippen LogP contribution is -2.53. The van der Waals surface area contributed by atoms with E-state index in [1.807, 2.05) is 0 Å². The van der Waals surface area contributed by atoms with Gasteiger partial charge in [0, 0.05) is 12.5 Å². The molecule has 5 heteroatoms. The minimum atomic E-state index is -0.987. The van der Waals surface area contributed by atoms with E-state index in [2.05, 4.69) is 27.7 Å². The van der Waals surface area contributed by atoms with Gasteiger partial charge in [0.2, 0.25) is 5.91 Å². The van der Waals surface area contributed by atoms with Crippen molar-refractivity contribution in [1.29, 1.82) is 0 Å². The first-order chi connectivity index (χ1) is 8.21. The van der Waals surface area contributed by atoms with Gasteiger partial charge in [-0.1, -0.05) is 27.7 Å². The number of ether oxygens (including phenoxy) is 1. The molecule has 1 unspecified atom stereocenters. The molecule has 18 heavy (non-hydrogen) atoms. The zero-order valence-electron chi connectivity index (χ0n) is 11.4. The molecule has 1 atom stereocenters. The molecule has 0 radical (unpaired) electrons. The number of carbonyl (C=O) groups excluding carboxylic acids is 1. The molecule has 0 spiro atoms. The van der Waals surface area contributed by atoms with E-state index >= 15 is 0 Å². The highest BCUT2D eigenvalue weighted by atomic mass is 16.5. The van der Waals surface area contributed by atoms with Crippen LogP contribution in [0.3, 0.4) is 0 Å². The second-order valence-corrected chi connectivity index (χ2v) is 6.34. The van der Waals surface area contributed by atoms with Crippen LogP contribution in [0.25, 0.3) is 0 Å². The number of hydrogen-bond donors (Lipinski definition) is 1. The smallest absolute Gasteiger partial charge is 0.328 e. The van der Waals surface area contributed by atoms with E-state index in [0.717, 1.165) is 0 Å². The summed E-state index contributed by atoms with van der Waals surface area (Å²) in [6, 6.07) is -0.835. The normalized spacial score (nSPS) is 30.0. The van der Waals surface area contributed by atoms with Gasteiger partial charge in [-0.05, 0) is 10.8 Å². The van der Waals surface area contributed by atoms with Crippen molar-refractivity contribution in [3.05, 3.63) is 0 Å². The van der Waals surface area contributed by atoms with E-state index in [1.54, 1.807) is 0 Å². The highest BCUT2D eigenvalue weighted by Crippen LogP contribution is 2.68. The molecule has 1 amide bonds. The number of carbonyl (C=O) groups is 2. The van der Waals surface area contributed by atoms with E-state index in [1.165, 1.54) is 4.90 Å². The maximum absolute atomic E-state index is 12.5. The lowest BCUT2D eigenvalue weighted by Gasteiger charge is -2.33. The van der Waals surface area contributed by atoms with Crippen molar-refractivity contribution in [2.24, 2.45) is 16.7 Å². The Bertz CT molecular complexity index is 374. The molecule has 0 aromatic rings. The average molecular weight is 255 g/mol. The van der Waals surface area contributed by atoms with Gasteiger partial charge in [0.15, 0.2) is 6.04 Å². The van der Waals surface area contributed by atoms with Crippen molar-refractivity contribution >= 4 is 11.9 Å². The molecule has 2 aliphatic rings. The van der Waals surface area contributed by atoms with Crippen molar-refractivity contribution in [2.45, 2.75) is 33.7 Å². The highest BCUT2D eigenvalue weighted by molar-refractivity contribution is 5.88. The molecule has 0 aromatic heterocycles. The van der Waals surface area contributed by atoms with Crippen molar-refractivity contribution in [1.82, 2.24) is 4.90 Å². The van der Waals surface area contributed by atoms with Gasteiger partial charge in [0.05, 0.1) is 13.2 Å². The molecule has 0 aromatic carbocycles. The summed E-state index contributed by atoms with van der Waals surface area (Å²) in [7, 11) is 0. The monoisotopic (exact) mass is 255 g/mol. The lowest BCUT2D eigenvalue weighted by molar-refractivity contribution is -0.159. The molecule has 1 heterocycles. The van der Waals surface area contributed by atoms with Crippen LogP contribution in [0.2, 0.25) is 0 Å². The molecule has 1 saturated heterocycles. The Kier molecular flexibility index (Phi) is 2.93. The number of carboxylic acid groups (broad SMARTS) is 1. The minimum absolute atomic E-state index is 0.0410. The van der Waals surface area contributed by atoms with E-state index in [9.17, 15) is 9.59 Å². The fourth-order valence-corrected chi connectivity index (χ4v) is 3.05. The van der Waals surface area contributed by atoms with Gasteiger partial charge in [0.25, 0.3) is 0 Å². The van der Waals surface area contributed by atoms with Gasteiger partial charge >= 0.3 is 5.97 Å². The third-order valence-electron chi connectivity index (χ3n) is 4.96. The zero-order chi connectivity index (χ0) is 13.7. The molecule has 1 aliphatic carbocycles. The zero-order valence-corrected chi connectivity index (χ0v) is 11.4. The molecular formula is C13H21NO4. The maximum atomic E-state index is 12.5. The number of aliphatic carboxylic acids is 1. The summed E-state index contributed by atoms with van der Waals surface area (Å²) >= 11 is 0. The molecular weight excluding hydrogens is 234 g/mol. The van der Waals surface area contributed by atoms with Crippen LogP contribution in [-0.4, -0.2) is 47.7 Å². The van der Waals surface area contributed by atoms with Gasteiger partial charge in [-0.2, -0.15) is 0 Å². The largest absolute Gasteiger partial charge is 0.480 e. The fraction of sp³-hybridized carbons (Fsp3) is 0.846. The third kappa shape index (κ3) is 1.72. The number of amides is 1. The lowest BCUT2D eigenvalue weighted by atomic mass is 10.0. The molecule has 102 valence electrons. The van der Waals surface area contributed by atoms with Gasteiger partial charge in [0.1, 0.15) is 0 Å². The molecule has 1 aliphatic heterocycles. The quantitative estimate of drug-likeness (QED) is 0.798. The summed E-state index contributed by atoms with van der Waals surface area (Å²) in [6.45, 7) is 9.13. The van der Waals surface area contributed by atoms with Crippen LogP contribution < -0.4 is 0 Å². The summed E-state index contributed by atoms with van der Waals surface area (Å²) in [5, 5.41) is 9.15. The predicted octanol–water partition coefficient (Wildman–Crippen LogP) is 0.981. The number of hydrogen-bond acceptors (Lipinski definition) is 3. The van der Waals surface area contributed by atoms with E-state index in [0.29, 0.717) is 13.2 Å². The summed E-state index contributed by atoms with van der Waals surface area (Å²) in [4.78, 5) is 25.2. The van der Waals surface area contributed by atoms with Crippen LogP contribution in [-0.2, 0) is 14.3 Å². The SMILES string of the molecule is CC1(C)C(C(=O)N2CCOCC2C(=O)O)C1(C)C. The maximum Gasteiger partial charge on any atom is 0.328 e. The molecule has 2 fully saturated rings. The first-order valence-corrected chi connectivity index (χ1v) is 6.32. The van der Waals surface area contributed by atoms with Crippen molar-refractivity contribution in [3.8, 4) is 0 Å². The summed E-state index contributed by atoms with van der Waals surface area (Å²) in [6.07, 6.45) is 0. The third-order valence-corrected chi connectivity index (χ3v) is 4.96. The number of rotatable bonds is 2. The van der Waals surface area contributed by atoms with Crippen LogP contribution in [0.4, 0.5) is 0 Å². The first kappa shape index (κ1) is 13.3. The van der Waals surface area contributed by atoms with Gasteiger partial charge in [-0.25, -0.2) is 4.79 Å². The van der Waals surface area contributed by atoms with Gasteiger partial charge in [-0.3, -0.25) is 4.79 Å². The second-order valence-electron chi connectivity index (χ2n) is 6.34. The molecule has 1 saturated carbocycles. The predicted molar refractivity (Wildman–Crippen MR) is 65.0 cm³/mol. The van der Waals surface area contributed by atoms with Gasteiger partial charge < -0.3 is 14.7 Å². The second kappa shape index (κ2) is 3.95. The van der Waals surface area contributed by atoms with Crippen LogP contribution in [0.1, 0.15) is 27.7 Å². The Morgan fingerprint density at radius 2 is 1.78 bits per heavy atom. The standard InChI is InChI=1S/C13H21NO4/c1-12(2)9(13(12,3)4)10(15)14-5-6-18-7-8(14)11(16)17/h8-9H,5-7H2,1-4H3,(H,16,17). The molecule has 0 bridgehead atoms. The van der Waals surface area contributed by atoms with Crippen LogP contribution in [0.15, 0.2) is 0 Å².